The smallest absolute Gasteiger partial charge is 0.411 e. The van der Waals surface area contributed by atoms with Gasteiger partial charge in [0.05, 0.1) is 11.1 Å². The summed E-state index contributed by atoms with van der Waals surface area (Å²) in [6.45, 7) is 10.0. The van der Waals surface area contributed by atoms with Crippen LogP contribution in [0.15, 0.2) is 55.0 Å². The van der Waals surface area contributed by atoms with Crippen molar-refractivity contribution in [2.45, 2.75) is 46.1 Å². The summed E-state index contributed by atoms with van der Waals surface area (Å²) in [7, 11) is 0. The molecule has 1 N–H and O–H groups in total. The Bertz CT molecular complexity index is 1060. The van der Waals surface area contributed by atoms with Gasteiger partial charge in [0.25, 0.3) is 0 Å². The van der Waals surface area contributed by atoms with E-state index < -0.39 is 6.09 Å². The van der Waals surface area contributed by atoms with Crippen molar-refractivity contribution in [1.29, 1.82) is 0 Å². The van der Waals surface area contributed by atoms with Crippen LogP contribution in [0.2, 0.25) is 5.02 Å². The van der Waals surface area contributed by atoms with Gasteiger partial charge in [0.1, 0.15) is 0 Å². The molecule has 1 amide bonds. The van der Waals surface area contributed by atoms with E-state index in [1.54, 1.807) is 32.2 Å². The van der Waals surface area contributed by atoms with E-state index >= 15 is 0 Å². The molecule has 2 aromatic heterocycles. The number of nitrogens with one attached hydrogen (secondary N) is 1. The maximum atomic E-state index is 11.8. The Balaban J connectivity index is 1.88. The standard InChI is InChI=1S/C24H26ClN3O2/c1-15(2)30-23(29)28-19-6-7-20(21(25)12-19)18-10-17(13-26-14-18)16-8-9-27-22(11-16)24(3,4)5/h6-15H,1-5H3,(H,28,29). The highest BCUT2D eigenvalue weighted by Crippen LogP contribution is 2.33. The first-order chi connectivity index (χ1) is 14.1. The number of carbonyl (C=O) groups is 1. The van der Waals surface area contributed by atoms with E-state index in [-0.39, 0.29) is 11.5 Å². The van der Waals surface area contributed by atoms with Crippen molar-refractivity contribution in [2.75, 3.05) is 5.32 Å². The average molecular weight is 424 g/mol. The number of rotatable bonds is 4. The predicted octanol–water partition coefficient (Wildman–Crippen LogP) is 6.72. The van der Waals surface area contributed by atoms with Crippen LogP contribution >= 0.6 is 11.6 Å². The number of aromatic nitrogens is 2. The number of nitrogens with zero attached hydrogens (tertiary/aromatic N) is 2. The molecule has 5 nitrogen and oxygen atoms in total. The minimum absolute atomic E-state index is 0.0378. The highest BCUT2D eigenvalue weighted by atomic mass is 35.5. The Kier molecular flexibility index (Phi) is 6.42. The topological polar surface area (TPSA) is 64.1 Å². The first kappa shape index (κ1) is 21.8. The van der Waals surface area contributed by atoms with Gasteiger partial charge in [-0.05, 0) is 49.7 Å². The summed E-state index contributed by atoms with van der Waals surface area (Å²) in [6, 6.07) is 11.5. The van der Waals surface area contributed by atoms with E-state index in [1.165, 1.54) is 0 Å². The van der Waals surface area contributed by atoms with Crippen molar-refractivity contribution in [3.05, 3.63) is 65.7 Å². The second-order valence-corrected chi connectivity index (χ2v) is 8.82. The molecule has 0 aliphatic rings. The van der Waals surface area contributed by atoms with E-state index in [0.717, 1.165) is 27.9 Å². The lowest BCUT2D eigenvalue weighted by molar-refractivity contribution is 0.130. The van der Waals surface area contributed by atoms with E-state index in [4.69, 9.17) is 16.3 Å². The lowest BCUT2D eigenvalue weighted by Gasteiger charge is -2.18. The molecule has 0 fully saturated rings. The minimum atomic E-state index is -0.509. The zero-order chi connectivity index (χ0) is 21.9. The van der Waals surface area contributed by atoms with Crippen LogP contribution in [0.1, 0.15) is 40.3 Å². The summed E-state index contributed by atoms with van der Waals surface area (Å²) >= 11 is 6.51. The van der Waals surface area contributed by atoms with E-state index in [0.29, 0.717) is 10.7 Å². The van der Waals surface area contributed by atoms with E-state index in [9.17, 15) is 4.79 Å². The Morgan fingerprint density at radius 3 is 2.43 bits per heavy atom. The summed E-state index contributed by atoms with van der Waals surface area (Å²) in [5.41, 5.74) is 5.31. The van der Waals surface area contributed by atoms with Gasteiger partial charge in [-0.2, -0.15) is 0 Å². The number of pyridine rings is 2. The number of hydrogen-bond acceptors (Lipinski definition) is 4. The highest BCUT2D eigenvalue weighted by Gasteiger charge is 2.16. The highest BCUT2D eigenvalue weighted by molar-refractivity contribution is 6.33. The molecular weight excluding hydrogens is 398 g/mol. The maximum Gasteiger partial charge on any atom is 0.411 e. The van der Waals surface area contributed by atoms with Gasteiger partial charge in [0, 0.05) is 52.1 Å². The number of anilines is 1. The predicted molar refractivity (Wildman–Crippen MR) is 122 cm³/mol. The number of hydrogen-bond donors (Lipinski definition) is 1. The Labute approximate surface area is 182 Å². The summed E-state index contributed by atoms with van der Waals surface area (Å²) in [6.07, 6.45) is 4.73. The lowest BCUT2D eigenvalue weighted by atomic mass is 9.90. The molecular formula is C24H26ClN3O2. The molecule has 156 valence electrons. The average Bonchev–Trinajstić information content (AvgIpc) is 2.67. The Morgan fingerprint density at radius 1 is 1.03 bits per heavy atom. The fraction of sp³-hybridized carbons (Fsp3) is 0.292. The number of carbonyl (C=O) groups excluding carboxylic acids is 1. The van der Waals surface area contributed by atoms with Crippen LogP contribution in [0.5, 0.6) is 0 Å². The lowest BCUT2D eigenvalue weighted by Crippen LogP contribution is -2.17. The molecule has 0 saturated heterocycles. The normalized spacial score (nSPS) is 11.4. The molecule has 0 saturated carbocycles. The van der Waals surface area contributed by atoms with Crippen LogP contribution in [0, 0.1) is 0 Å². The van der Waals surface area contributed by atoms with Gasteiger partial charge in [-0.15, -0.1) is 0 Å². The largest absolute Gasteiger partial charge is 0.447 e. The number of amides is 1. The van der Waals surface area contributed by atoms with Crippen molar-refractivity contribution in [1.82, 2.24) is 9.97 Å². The van der Waals surface area contributed by atoms with Gasteiger partial charge in [-0.25, -0.2) is 4.79 Å². The van der Waals surface area contributed by atoms with Crippen molar-refractivity contribution in [3.63, 3.8) is 0 Å². The molecule has 0 atom stereocenters. The van der Waals surface area contributed by atoms with Crippen LogP contribution in [0.4, 0.5) is 10.5 Å². The molecule has 0 bridgehead atoms. The fourth-order valence-electron chi connectivity index (χ4n) is 2.95. The van der Waals surface area contributed by atoms with Gasteiger partial charge in [0.15, 0.2) is 0 Å². The molecule has 0 radical (unpaired) electrons. The summed E-state index contributed by atoms with van der Waals surface area (Å²) < 4.78 is 5.10. The van der Waals surface area contributed by atoms with E-state index in [1.807, 2.05) is 24.5 Å². The molecule has 6 heteroatoms. The fourth-order valence-corrected chi connectivity index (χ4v) is 3.24. The van der Waals surface area contributed by atoms with Gasteiger partial charge in [-0.1, -0.05) is 38.4 Å². The molecule has 0 aliphatic heterocycles. The summed E-state index contributed by atoms with van der Waals surface area (Å²) in [5.74, 6) is 0. The van der Waals surface area contributed by atoms with Gasteiger partial charge >= 0.3 is 6.09 Å². The maximum absolute atomic E-state index is 11.8. The third-order valence-electron chi connectivity index (χ3n) is 4.47. The van der Waals surface area contributed by atoms with E-state index in [2.05, 4.69) is 48.2 Å². The minimum Gasteiger partial charge on any atom is -0.447 e. The second kappa shape index (κ2) is 8.84. The zero-order valence-electron chi connectivity index (χ0n) is 17.9. The third kappa shape index (κ3) is 5.36. The molecule has 3 aromatic rings. The van der Waals surface area contributed by atoms with Crippen molar-refractivity contribution >= 4 is 23.4 Å². The van der Waals surface area contributed by atoms with Crippen LogP contribution in [0.25, 0.3) is 22.3 Å². The number of benzene rings is 1. The molecule has 3 rings (SSSR count). The number of halogens is 1. The SMILES string of the molecule is CC(C)OC(=O)Nc1ccc(-c2cncc(-c3ccnc(C(C)(C)C)c3)c2)c(Cl)c1. The first-order valence-corrected chi connectivity index (χ1v) is 10.2. The Morgan fingerprint density at radius 2 is 1.77 bits per heavy atom. The molecule has 1 aromatic carbocycles. The van der Waals surface area contributed by atoms with Gasteiger partial charge in [-0.3, -0.25) is 15.3 Å². The summed E-state index contributed by atoms with van der Waals surface area (Å²) in [5, 5.41) is 3.20. The quantitative estimate of drug-likeness (QED) is 0.505. The summed E-state index contributed by atoms with van der Waals surface area (Å²) in [4.78, 5) is 20.7. The van der Waals surface area contributed by atoms with Crippen LogP contribution in [0.3, 0.4) is 0 Å². The number of ether oxygens (including phenoxy) is 1. The van der Waals surface area contributed by atoms with Gasteiger partial charge < -0.3 is 4.74 Å². The zero-order valence-corrected chi connectivity index (χ0v) is 18.6. The first-order valence-electron chi connectivity index (χ1n) is 9.83. The van der Waals surface area contributed by atoms with Crippen LogP contribution < -0.4 is 5.32 Å². The molecule has 2 heterocycles. The molecule has 0 spiro atoms. The second-order valence-electron chi connectivity index (χ2n) is 8.42. The molecule has 0 aliphatic carbocycles. The van der Waals surface area contributed by atoms with Crippen LogP contribution in [-0.2, 0) is 10.2 Å². The Hall–Kier alpha value is -2.92. The monoisotopic (exact) mass is 423 g/mol. The third-order valence-corrected chi connectivity index (χ3v) is 4.78. The van der Waals surface area contributed by atoms with Crippen LogP contribution in [-0.4, -0.2) is 22.2 Å². The van der Waals surface area contributed by atoms with Crippen molar-refractivity contribution < 1.29 is 9.53 Å². The van der Waals surface area contributed by atoms with Crippen molar-refractivity contribution in [3.8, 4) is 22.3 Å². The molecule has 0 unspecified atom stereocenters. The van der Waals surface area contributed by atoms with Gasteiger partial charge in [0.2, 0.25) is 0 Å². The van der Waals surface area contributed by atoms with Crippen molar-refractivity contribution in [2.24, 2.45) is 0 Å². The molecule has 30 heavy (non-hydrogen) atoms.